The minimum Gasteiger partial charge on any atom is -0.488 e. The lowest BCUT2D eigenvalue weighted by molar-refractivity contribution is 0.0106. The fraction of sp³-hybridized carbons (Fsp3) is 0.227. The standard InChI is InChI=1S/C22H20N4O3/c1-15-2-5-19(27-15)12-26-13-20(14-26)28-18-6-3-16(4-7-18)21-24-22(29-25-21)17-8-10-23-11-9-17/h2-11,20H,12-14H2,1H3. The summed E-state index contributed by atoms with van der Waals surface area (Å²) in [6, 6.07) is 15.5. The second kappa shape index (κ2) is 7.52. The van der Waals surface area contributed by atoms with Gasteiger partial charge in [-0.25, -0.2) is 0 Å². The topological polar surface area (TPSA) is 77.4 Å². The summed E-state index contributed by atoms with van der Waals surface area (Å²) in [4.78, 5) is 10.8. The summed E-state index contributed by atoms with van der Waals surface area (Å²) in [6.07, 6.45) is 3.59. The molecule has 0 aliphatic carbocycles. The Labute approximate surface area is 167 Å². The molecule has 0 radical (unpaired) electrons. The van der Waals surface area contributed by atoms with Crippen LogP contribution in [-0.2, 0) is 6.54 Å². The van der Waals surface area contributed by atoms with Crippen molar-refractivity contribution in [2.75, 3.05) is 13.1 Å². The molecule has 0 amide bonds. The summed E-state index contributed by atoms with van der Waals surface area (Å²) in [7, 11) is 0. The van der Waals surface area contributed by atoms with Crippen LogP contribution in [0.1, 0.15) is 11.5 Å². The number of likely N-dealkylation sites (tertiary alicyclic amines) is 1. The van der Waals surface area contributed by atoms with Gasteiger partial charge in [0, 0.05) is 36.6 Å². The van der Waals surface area contributed by atoms with E-state index in [1.54, 1.807) is 12.4 Å². The van der Waals surface area contributed by atoms with E-state index in [4.69, 9.17) is 13.7 Å². The predicted molar refractivity (Wildman–Crippen MR) is 106 cm³/mol. The van der Waals surface area contributed by atoms with E-state index < -0.39 is 0 Å². The minimum atomic E-state index is 0.195. The van der Waals surface area contributed by atoms with Gasteiger partial charge >= 0.3 is 0 Å². The van der Waals surface area contributed by atoms with Gasteiger partial charge in [0.15, 0.2) is 0 Å². The highest BCUT2D eigenvalue weighted by Gasteiger charge is 2.29. The zero-order valence-corrected chi connectivity index (χ0v) is 16.0. The molecule has 4 heterocycles. The SMILES string of the molecule is Cc1ccc(CN2CC(Oc3ccc(-c4noc(-c5ccncc5)n4)cc3)C2)o1. The fourth-order valence-electron chi connectivity index (χ4n) is 3.34. The number of ether oxygens (including phenoxy) is 1. The van der Waals surface area contributed by atoms with E-state index in [2.05, 4.69) is 20.0 Å². The number of hydrogen-bond acceptors (Lipinski definition) is 7. The molecule has 1 fully saturated rings. The maximum Gasteiger partial charge on any atom is 0.258 e. The van der Waals surface area contributed by atoms with Crippen molar-refractivity contribution in [1.29, 1.82) is 0 Å². The lowest BCUT2D eigenvalue weighted by Gasteiger charge is -2.38. The quantitative estimate of drug-likeness (QED) is 0.495. The molecule has 0 atom stereocenters. The third kappa shape index (κ3) is 3.90. The first-order valence-electron chi connectivity index (χ1n) is 9.52. The molecule has 0 unspecified atom stereocenters. The highest BCUT2D eigenvalue weighted by atomic mass is 16.5. The van der Waals surface area contributed by atoms with Crippen molar-refractivity contribution in [3.05, 3.63) is 72.4 Å². The lowest BCUT2D eigenvalue weighted by atomic mass is 10.1. The van der Waals surface area contributed by atoms with Gasteiger partial charge in [-0.3, -0.25) is 9.88 Å². The summed E-state index contributed by atoms with van der Waals surface area (Å²) in [5.74, 6) is 3.81. The van der Waals surface area contributed by atoms with E-state index in [0.29, 0.717) is 11.7 Å². The van der Waals surface area contributed by atoms with Crippen LogP contribution in [0.25, 0.3) is 22.8 Å². The molecule has 0 bridgehead atoms. The molecule has 4 aromatic rings. The van der Waals surface area contributed by atoms with Crippen molar-refractivity contribution in [2.24, 2.45) is 0 Å². The van der Waals surface area contributed by atoms with Crippen molar-refractivity contribution in [2.45, 2.75) is 19.6 Å². The molecule has 1 aromatic carbocycles. The largest absolute Gasteiger partial charge is 0.488 e. The van der Waals surface area contributed by atoms with Gasteiger partial charge < -0.3 is 13.7 Å². The van der Waals surface area contributed by atoms with Gasteiger partial charge in [0.25, 0.3) is 5.89 Å². The van der Waals surface area contributed by atoms with Gasteiger partial charge in [0.1, 0.15) is 23.4 Å². The molecule has 3 aromatic heterocycles. The first-order chi connectivity index (χ1) is 14.2. The van der Waals surface area contributed by atoms with Gasteiger partial charge in [-0.05, 0) is 55.5 Å². The first-order valence-corrected chi connectivity index (χ1v) is 9.52. The number of rotatable bonds is 6. The van der Waals surface area contributed by atoms with Crippen LogP contribution in [-0.4, -0.2) is 39.2 Å². The van der Waals surface area contributed by atoms with Crippen molar-refractivity contribution >= 4 is 0 Å². The molecule has 29 heavy (non-hydrogen) atoms. The summed E-state index contributed by atoms with van der Waals surface area (Å²) in [5, 5.41) is 4.07. The molecule has 1 aliphatic heterocycles. The molecule has 7 nitrogen and oxygen atoms in total. The average molecular weight is 388 g/mol. The van der Waals surface area contributed by atoms with E-state index in [0.717, 1.165) is 48.0 Å². The molecule has 0 spiro atoms. The van der Waals surface area contributed by atoms with E-state index in [9.17, 15) is 0 Å². The van der Waals surface area contributed by atoms with Gasteiger partial charge in [-0.2, -0.15) is 4.98 Å². The molecule has 0 N–H and O–H groups in total. The molecular weight excluding hydrogens is 368 g/mol. The molecular formula is C22H20N4O3. The number of benzene rings is 1. The van der Waals surface area contributed by atoms with Crippen molar-refractivity contribution < 1.29 is 13.7 Å². The summed E-state index contributed by atoms with van der Waals surface area (Å²) < 4.78 is 17.0. The second-order valence-corrected chi connectivity index (χ2v) is 7.13. The van der Waals surface area contributed by atoms with Crippen LogP contribution in [0.15, 0.2) is 69.9 Å². The Balaban J connectivity index is 1.17. The van der Waals surface area contributed by atoms with Gasteiger partial charge in [-0.15, -0.1) is 0 Å². The number of hydrogen-bond donors (Lipinski definition) is 0. The number of aryl methyl sites for hydroxylation is 1. The van der Waals surface area contributed by atoms with Crippen LogP contribution in [0.4, 0.5) is 0 Å². The van der Waals surface area contributed by atoms with E-state index in [1.807, 2.05) is 55.5 Å². The summed E-state index contributed by atoms with van der Waals surface area (Å²) in [6.45, 7) is 4.57. The van der Waals surface area contributed by atoms with Crippen molar-refractivity contribution in [1.82, 2.24) is 20.0 Å². The molecule has 5 rings (SSSR count). The van der Waals surface area contributed by atoms with Crippen LogP contribution in [0.2, 0.25) is 0 Å². The van der Waals surface area contributed by atoms with Crippen molar-refractivity contribution in [3.8, 4) is 28.6 Å². The third-order valence-corrected chi connectivity index (χ3v) is 4.87. The zero-order valence-electron chi connectivity index (χ0n) is 16.0. The number of furan rings is 1. The monoisotopic (exact) mass is 388 g/mol. The smallest absolute Gasteiger partial charge is 0.258 e. The maximum absolute atomic E-state index is 6.05. The van der Waals surface area contributed by atoms with E-state index in [-0.39, 0.29) is 6.10 Å². The second-order valence-electron chi connectivity index (χ2n) is 7.13. The molecule has 1 saturated heterocycles. The number of aromatic nitrogens is 3. The summed E-state index contributed by atoms with van der Waals surface area (Å²) in [5.41, 5.74) is 1.72. The van der Waals surface area contributed by atoms with Crippen LogP contribution < -0.4 is 4.74 Å². The molecule has 146 valence electrons. The Bertz CT molecular complexity index is 1080. The number of nitrogens with zero attached hydrogens (tertiary/aromatic N) is 4. The number of pyridine rings is 1. The maximum atomic E-state index is 6.05. The average Bonchev–Trinajstić information content (AvgIpc) is 3.37. The molecule has 0 saturated carbocycles. The molecule has 7 heteroatoms. The Hall–Kier alpha value is -3.45. The Kier molecular flexibility index (Phi) is 4.57. The highest BCUT2D eigenvalue weighted by molar-refractivity contribution is 5.60. The minimum absolute atomic E-state index is 0.195. The lowest BCUT2D eigenvalue weighted by Crippen LogP contribution is -2.52. The van der Waals surface area contributed by atoms with Crippen LogP contribution in [0.5, 0.6) is 5.75 Å². The van der Waals surface area contributed by atoms with E-state index in [1.165, 1.54) is 0 Å². The summed E-state index contributed by atoms with van der Waals surface area (Å²) >= 11 is 0. The third-order valence-electron chi connectivity index (χ3n) is 4.87. The Morgan fingerprint density at radius 1 is 1.00 bits per heavy atom. The van der Waals surface area contributed by atoms with Crippen LogP contribution in [0, 0.1) is 6.92 Å². The van der Waals surface area contributed by atoms with E-state index >= 15 is 0 Å². The van der Waals surface area contributed by atoms with Gasteiger partial charge in [0.2, 0.25) is 5.82 Å². The Morgan fingerprint density at radius 2 is 1.79 bits per heavy atom. The normalized spacial score (nSPS) is 14.7. The van der Waals surface area contributed by atoms with Crippen molar-refractivity contribution in [3.63, 3.8) is 0 Å². The van der Waals surface area contributed by atoms with Gasteiger partial charge in [0.05, 0.1) is 6.54 Å². The molecule has 1 aliphatic rings. The van der Waals surface area contributed by atoms with Crippen LogP contribution in [0.3, 0.4) is 0 Å². The van der Waals surface area contributed by atoms with Crippen LogP contribution >= 0.6 is 0 Å². The fourth-order valence-corrected chi connectivity index (χ4v) is 3.34. The predicted octanol–water partition coefficient (Wildman–Crippen LogP) is 3.96. The first kappa shape index (κ1) is 17.6. The zero-order chi connectivity index (χ0) is 19.6. The Morgan fingerprint density at radius 3 is 2.52 bits per heavy atom. The highest BCUT2D eigenvalue weighted by Crippen LogP contribution is 2.25. The van der Waals surface area contributed by atoms with Gasteiger partial charge in [-0.1, -0.05) is 5.16 Å².